The van der Waals surface area contributed by atoms with E-state index in [0.717, 1.165) is 15.3 Å². The summed E-state index contributed by atoms with van der Waals surface area (Å²) in [7, 11) is -3.64. The van der Waals surface area contributed by atoms with Crippen LogP contribution < -0.4 is 5.32 Å². The molecule has 0 aliphatic carbocycles. The Kier molecular flexibility index (Phi) is 6.87. The Labute approximate surface area is 130 Å². The standard InChI is InChI=1S/C14H19ClN2O3S/c1-3-16-14(18)11-17(4-2)21(19,20)10-9-12-5-7-13(15)8-6-12/h5-10H,3-4,11H2,1-2H3,(H,16,18)/b10-9+. The molecule has 0 aliphatic heterocycles. The number of rotatable bonds is 7. The van der Waals surface area contributed by atoms with Crippen LogP contribution in [0.3, 0.4) is 0 Å². The lowest BCUT2D eigenvalue weighted by atomic mass is 10.2. The topological polar surface area (TPSA) is 66.5 Å². The van der Waals surface area contributed by atoms with Gasteiger partial charge in [-0.3, -0.25) is 4.79 Å². The first-order chi connectivity index (χ1) is 9.89. The molecule has 1 rings (SSSR count). The van der Waals surface area contributed by atoms with Crippen molar-refractivity contribution in [2.75, 3.05) is 19.6 Å². The van der Waals surface area contributed by atoms with Crippen LogP contribution in [0.1, 0.15) is 19.4 Å². The summed E-state index contributed by atoms with van der Waals surface area (Å²) in [5.41, 5.74) is 0.719. The zero-order valence-corrected chi connectivity index (χ0v) is 13.6. The predicted molar refractivity (Wildman–Crippen MR) is 85.3 cm³/mol. The predicted octanol–water partition coefficient (Wildman–Crippen LogP) is 2.10. The molecule has 0 atom stereocenters. The molecule has 0 fully saturated rings. The van der Waals surface area contributed by atoms with E-state index in [1.54, 1.807) is 38.1 Å². The van der Waals surface area contributed by atoms with Crippen molar-refractivity contribution in [2.45, 2.75) is 13.8 Å². The van der Waals surface area contributed by atoms with Gasteiger partial charge < -0.3 is 5.32 Å². The SMILES string of the molecule is CCNC(=O)CN(CC)S(=O)(=O)/C=C/c1ccc(Cl)cc1. The van der Waals surface area contributed by atoms with Crippen molar-refractivity contribution in [3.05, 3.63) is 40.3 Å². The van der Waals surface area contributed by atoms with Gasteiger partial charge in [0.05, 0.1) is 6.54 Å². The van der Waals surface area contributed by atoms with Crippen LogP contribution in [-0.4, -0.2) is 38.3 Å². The van der Waals surface area contributed by atoms with Gasteiger partial charge in [-0.05, 0) is 30.7 Å². The average molecular weight is 331 g/mol. The summed E-state index contributed by atoms with van der Waals surface area (Å²) in [4.78, 5) is 11.5. The number of carbonyl (C=O) groups excluding carboxylic acids is 1. The number of likely N-dealkylation sites (N-methyl/N-ethyl adjacent to an activating group) is 2. The number of benzene rings is 1. The van der Waals surface area contributed by atoms with Crippen LogP contribution in [0.2, 0.25) is 5.02 Å². The summed E-state index contributed by atoms with van der Waals surface area (Å²) in [6.45, 7) is 3.98. The van der Waals surface area contributed by atoms with Crippen LogP contribution in [-0.2, 0) is 14.8 Å². The minimum atomic E-state index is -3.64. The van der Waals surface area contributed by atoms with E-state index >= 15 is 0 Å². The first kappa shape index (κ1) is 17.7. The zero-order valence-electron chi connectivity index (χ0n) is 12.0. The third kappa shape index (κ3) is 5.87. The number of nitrogens with one attached hydrogen (secondary N) is 1. The highest BCUT2D eigenvalue weighted by Crippen LogP contribution is 2.12. The van der Waals surface area contributed by atoms with E-state index in [1.165, 1.54) is 6.08 Å². The van der Waals surface area contributed by atoms with E-state index in [4.69, 9.17) is 11.6 Å². The molecule has 5 nitrogen and oxygen atoms in total. The molecule has 0 saturated heterocycles. The highest BCUT2D eigenvalue weighted by Gasteiger charge is 2.19. The summed E-state index contributed by atoms with van der Waals surface area (Å²) in [5.74, 6) is -0.317. The number of sulfonamides is 1. The summed E-state index contributed by atoms with van der Waals surface area (Å²) in [6.07, 6.45) is 1.48. The molecule has 0 bridgehead atoms. The maximum Gasteiger partial charge on any atom is 0.236 e. The van der Waals surface area contributed by atoms with Gasteiger partial charge in [-0.1, -0.05) is 30.7 Å². The highest BCUT2D eigenvalue weighted by molar-refractivity contribution is 7.92. The lowest BCUT2D eigenvalue weighted by molar-refractivity contribution is -0.121. The van der Waals surface area contributed by atoms with Crippen molar-refractivity contribution >= 4 is 33.6 Å². The van der Waals surface area contributed by atoms with Gasteiger partial charge in [0.2, 0.25) is 15.9 Å². The van der Waals surface area contributed by atoms with Crippen LogP contribution in [0.25, 0.3) is 6.08 Å². The lowest BCUT2D eigenvalue weighted by Gasteiger charge is -2.17. The normalized spacial score (nSPS) is 12.0. The highest BCUT2D eigenvalue weighted by atomic mass is 35.5. The van der Waals surface area contributed by atoms with Crippen molar-refractivity contribution < 1.29 is 13.2 Å². The van der Waals surface area contributed by atoms with E-state index in [9.17, 15) is 13.2 Å². The van der Waals surface area contributed by atoms with Gasteiger partial charge in [0.1, 0.15) is 0 Å². The van der Waals surface area contributed by atoms with Crippen molar-refractivity contribution in [2.24, 2.45) is 0 Å². The van der Waals surface area contributed by atoms with Crippen molar-refractivity contribution in [3.8, 4) is 0 Å². The lowest BCUT2D eigenvalue weighted by Crippen LogP contribution is -2.39. The monoisotopic (exact) mass is 330 g/mol. The quantitative estimate of drug-likeness (QED) is 0.832. The first-order valence-corrected chi connectivity index (χ1v) is 8.47. The Hall–Kier alpha value is -1.37. The number of amides is 1. The fourth-order valence-electron chi connectivity index (χ4n) is 1.62. The molecular formula is C14H19ClN2O3S. The molecule has 0 aliphatic rings. The second-order valence-electron chi connectivity index (χ2n) is 4.28. The molecule has 1 N–H and O–H groups in total. The Bertz CT molecular complexity index is 597. The van der Waals surface area contributed by atoms with Crippen LogP contribution in [0.4, 0.5) is 0 Å². The van der Waals surface area contributed by atoms with Crippen molar-refractivity contribution in [1.82, 2.24) is 9.62 Å². The number of nitrogens with zero attached hydrogens (tertiary/aromatic N) is 1. The van der Waals surface area contributed by atoms with E-state index < -0.39 is 10.0 Å². The maximum absolute atomic E-state index is 12.2. The fraction of sp³-hybridized carbons (Fsp3) is 0.357. The number of halogens is 1. The van der Waals surface area contributed by atoms with Gasteiger partial charge in [-0.15, -0.1) is 0 Å². The molecule has 1 amide bonds. The molecular weight excluding hydrogens is 312 g/mol. The third-order valence-electron chi connectivity index (χ3n) is 2.71. The Morgan fingerprint density at radius 2 is 1.90 bits per heavy atom. The van der Waals surface area contributed by atoms with Gasteiger partial charge in [-0.2, -0.15) is 4.31 Å². The molecule has 0 spiro atoms. The second-order valence-corrected chi connectivity index (χ2v) is 6.53. The molecule has 0 heterocycles. The van der Waals surface area contributed by atoms with Gasteiger partial charge >= 0.3 is 0 Å². The third-order valence-corrected chi connectivity index (χ3v) is 4.55. The van der Waals surface area contributed by atoms with E-state index in [1.807, 2.05) is 0 Å². The molecule has 116 valence electrons. The fourth-order valence-corrected chi connectivity index (χ4v) is 2.90. The van der Waals surface area contributed by atoms with E-state index in [2.05, 4.69) is 5.32 Å². The van der Waals surface area contributed by atoms with Gasteiger partial charge in [-0.25, -0.2) is 8.42 Å². The van der Waals surface area contributed by atoms with Gasteiger partial charge in [0.15, 0.2) is 0 Å². The van der Waals surface area contributed by atoms with Crippen molar-refractivity contribution in [3.63, 3.8) is 0 Å². The molecule has 7 heteroatoms. The molecule has 1 aromatic carbocycles. The zero-order chi connectivity index (χ0) is 15.9. The van der Waals surface area contributed by atoms with Crippen LogP contribution in [0.15, 0.2) is 29.7 Å². The minimum absolute atomic E-state index is 0.183. The molecule has 1 aromatic rings. The number of hydrogen-bond donors (Lipinski definition) is 1. The maximum atomic E-state index is 12.2. The average Bonchev–Trinajstić information content (AvgIpc) is 2.44. The minimum Gasteiger partial charge on any atom is -0.355 e. The van der Waals surface area contributed by atoms with Crippen molar-refractivity contribution in [1.29, 1.82) is 0 Å². The molecule has 0 radical (unpaired) electrons. The van der Waals surface area contributed by atoms with E-state index in [-0.39, 0.29) is 19.0 Å². The summed E-state index contributed by atoms with van der Waals surface area (Å²) in [5, 5.41) is 4.26. The van der Waals surface area contributed by atoms with E-state index in [0.29, 0.717) is 11.6 Å². The molecule has 0 aromatic heterocycles. The van der Waals surface area contributed by atoms with Crippen LogP contribution >= 0.6 is 11.6 Å². The second kappa shape index (κ2) is 8.17. The Morgan fingerprint density at radius 3 is 2.43 bits per heavy atom. The van der Waals surface area contributed by atoms with Crippen LogP contribution in [0, 0.1) is 0 Å². The van der Waals surface area contributed by atoms with Gasteiger partial charge in [0.25, 0.3) is 0 Å². The molecule has 0 unspecified atom stereocenters. The van der Waals surface area contributed by atoms with Gasteiger partial charge in [0, 0.05) is 23.5 Å². The molecule has 21 heavy (non-hydrogen) atoms. The Balaban J connectivity index is 2.82. The number of hydrogen-bond acceptors (Lipinski definition) is 3. The summed E-state index contributed by atoms with van der Waals surface area (Å²) in [6, 6.07) is 6.79. The smallest absolute Gasteiger partial charge is 0.236 e. The van der Waals surface area contributed by atoms with Crippen LogP contribution in [0.5, 0.6) is 0 Å². The largest absolute Gasteiger partial charge is 0.355 e. The number of carbonyl (C=O) groups is 1. The first-order valence-electron chi connectivity index (χ1n) is 6.59. The molecule has 0 saturated carbocycles. The summed E-state index contributed by atoms with van der Waals surface area (Å²) >= 11 is 5.77. The summed E-state index contributed by atoms with van der Waals surface area (Å²) < 4.78 is 25.5. The Morgan fingerprint density at radius 1 is 1.29 bits per heavy atom.